The number of nitrogens with one attached hydrogen (secondary N) is 1. The van der Waals surface area contributed by atoms with Crippen molar-refractivity contribution in [1.29, 1.82) is 0 Å². The Bertz CT molecular complexity index is 1180. The first kappa shape index (κ1) is 22.4. The largest absolute Gasteiger partial charge is 0.497 e. The Hall–Kier alpha value is -3.78. The van der Waals surface area contributed by atoms with Gasteiger partial charge in [0.15, 0.2) is 0 Å². The lowest BCUT2D eigenvalue weighted by atomic mass is 10.2. The molecule has 168 valence electrons. The van der Waals surface area contributed by atoms with Crippen LogP contribution in [0, 0.1) is 0 Å². The van der Waals surface area contributed by atoms with Crippen molar-refractivity contribution in [2.24, 2.45) is 0 Å². The summed E-state index contributed by atoms with van der Waals surface area (Å²) in [6, 6.07) is 24.5. The zero-order valence-electron chi connectivity index (χ0n) is 18.2. The molecule has 0 spiro atoms. The maximum atomic E-state index is 12.6. The van der Waals surface area contributed by atoms with Crippen LogP contribution in [0.2, 0.25) is 0 Å². The molecule has 0 fully saturated rings. The van der Waals surface area contributed by atoms with Gasteiger partial charge in [-0.25, -0.2) is 0 Å². The highest BCUT2D eigenvalue weighted by atomic mass is 32.2. The van der Waals surface area contributed by atoms with E-state index in [1.165, 1.54) is 11.8 Å². The molecule has 0 bridgehead atoms. The zero-order valence-corrected chi connectivity index (χ0v) is 19.0. The van der Waals surface area contributed by atoms with Gasteiger partial charge in [-0.1, -0.05) is 42.1 Å². The van der Waals surface area contributed by atoms with Gasteiger partial charge in [-0.3, -0.25) is 4.79 Å². The van der Waals surface area contributed by atoms with Crippen LogP contribution in [0.1, 0.15) is 12.5 Å². The summed E-state index contributed by atoms with van der Waals surface area (Å²) in [4.78, 5) is 12.6. The maximum Gasteiger partial charge on any atom is 0.277 e. The van der Waals surface area contributed by atoms with Crippen LogP contribution in [0.5, 0.6) is 11.5 Å². The van der Waals surface area contributed by atoms with Crippen LogP contribution in [0.25, 0.3) is 11.5 Å². The number of nitrogens with zero attached hydrogens (tertiary/aromatic N) is 2. The average Bonchev–Trinajstić information content (AvgIpc) is 3.32. The molecule has 1 aromatic heterocycles. The van der Waals surface area contributed by atoms with Crippen molar-refractivity contribution < 1.29 is 18.7 Å². The van der Waals surface area contributed by atoms with E-state index in [0.717, 1.165) is 22.6 Å². The van der Waals surface area contributed by atoms with E-state index in [2.05, 4.69) is 15.5 Å². The van der Waals surface area contributed by atoms with Crippen LogP contribution < -0.4 is 14.8 Å². The van der Waals surface area contributed by atoms with Gasteiger partial charge < -0.3 is 19.2 Å². The van der Waals surface area contributed by atoms with Crippen LogP contribution in [0.15, 0.2) is 88.5 Å². The molecule has 0 saturated heterocycles. The smallest absolute Gasteiger partial charge is 0.277 e. The first-order chi connectivity index (χ1) is 16.1. The van der Waals surface area contributed by atoms with E-state index in [1.54, 1.807) is 14.0 Å². The summed E-state index contributed by atoms with van der Waals surface area (Å²) < 4.78 is 16.6. The first-order valence-electron chi connectivity index (χ1n) is 10.3. The van der Waals surface area contributed by atoms with Crippen molar-refractivity contribution in [1.82, 2.24) is 10.2 Å². The topological polar surface area (TPSA) is 86.5 Å². The van der Waals surface area contributed by atoms with Crippen LogP contribution >= 0.6 is 11.8 Å². The molecule has 7 nitrogen and oxygen atoms in total. The average molecular weight is 462 g/mol. The van der Waals surface area contributed by atoms with Gasteiger partial charge in [0.2, 0.25) is 11.8 Å². The fourth-order valence-electron chi connectivity index (χ4n) is 2.93. The van der Waals surface area contributed by atoms with Crippen molar-refractivity contribution >= 4 is 23.4 Å². The fraction of sp³-hybridized carbons (Fsp3) is 0.160. The van der Waals surface area contributed by atoms with Crippen molar-refractivity contribution in [3.05, 3.63) is 84.4 Å². The maximum absolute atomic E-state index is 12.6. The van der Waals surface area contributed by atoms with Gasteiger partial charge >= 0.3 is 0 Å². The molecule has 0 saturated carbocycles. The fourth-order valence-corrected chi connectivity index (χ4v) is 3.62. The second-order valence-corrected chi connectivity index (χ2v) is 8.44. The quantitative estimate of drug-likeness (QED) is 0.332. The van der Waals surface area contributed by atoms with Crippen molar-refractivity contribution in [3.63, 3.8) is 0 Å². The summed E-state index contributed by atoms with van der Waals surface area (Å²) in [5.74, 6) is 1.70. The Morgan fingerprint density at radius 2 is 1.67 bits per heavy atom. The highest BCUT2D eigenvalue weighted by molar-refractivity contribution is 8.00. The summed E-state index contributed by atoms with van der Waals surface area (Å²) in [5, 5.41) is 10.9. The minimum absolute atomic E-state index is 0.165. The molecule has 4 aromatic rings. The van der Waals surface area contributed by atoms with Gasteiger partial charge in [0.1, 0.15) is 18.1 Å². The number of anilines is 1. The second-order valence-electron chi connectivity index (χ2n) is 7.15. The molecule has 0 aliphatic rings. The standard InChI is InChI=1S/C25H23N3O4S/c1-17(33-25-28-27-24(32-25)19-8-12-21(30-2)13-9-19)23(29)26-20-10-14-22(15-11-20)31-16-18-6-4-3-5-7-18/h3-15,17H,16H2,1-2H3,(H,26,29). The number of thioether (sulfide) groups is 1. The van der Waals surface area contributed by atoms with E-state index in [1.807, 2.05) is 78.9 Å². The normalized spacial score (nSPS) is 11.6. The van der Waals surface area contributed by atoms with E-state index >= 15 is 0 Å². The van der Waals surface area contributed by atoms with Gasteiger partial charge in [-0.2, -0.15) is 0 Å². The molecular formula is C25H23N3O4S. The molecule has 33 heavy (non-hydrogen) atoms. The number of carbonyl (C=O) groups excluding carboxylic acids is 1. The Labute approximate surface area is 196 Å². The molecule has 4 rings (SSSR count). The van der Waals surface area contributed by atoms with Crippen LogP contribution in [-0.2, 0) is 11.4 Å². The summed E-state index contributed by atoms with van der Waals surface area (Å²) in [5.41, 5.74) is 2.56. The predicted octanol–water partition coefficient (Wildman–Crippen LogP) is 5.44. The number of amides is 1. The molecule has 0 aliphatic heterocycles. The Kier molecular flexibility index (Phi) is 7.26. The number of hydrogen-bond acceptors (Lipinski definition) is 7. The Morgan fingerprint density at radius 3 is 2.36 bits per heavy atom. The number of benzene rings is 3. The molecular weight excluding hydrogens is 438 g/mol. The molecule has 3 aromatic carbocycles. The molecule has 1 amide bonds. The molecule has 1 atom stereocenters. The van der Waals surface area contributed by atoms with E-state index < -0.39 is 5.25 Å². The van der Waals surface area contributed by atoms with E-state index in [4.69, 9.17) is 13.9 Å². The van der Waals surface area contributed by atoms with E-state index in [0.29, 0.717) is 23.4 Å². The minimum atomic E-state index is -0.428. The summed E-state index contributed by atoms with van der Waals surface area (Å²) in [6.45, 7) is 2.28. The summed E-state index contributed by atoms with van der Waals surface area (Å²) in [6.07, 6.45) is 0. The first-order valence-corrected chi connectivity index (χ1v) is 11.2. The van der Waals surface area contributed by atoms with E-state index in [-0.39, 0.29) is 5.91 Å². The highest BCUT2D eigenvalue weighted by Crippen LogP contribution is 2.28. The predicted molar refractivity (Wildman–Crippen MR) is 127 cm³/mol. The number of aromatic nitrogens is 2. The molecule has 0 radical (unpaired) electrons. The van der Waals surface area contributed by atoms with Crippen molar-refractivity contribution in [2.45, 2.75) is 24.0 Å². The van der Waals surface area contributed by atoms with Crippen LogP contribution in [0.3, 0.4) is 0 Å². The molecule has 8 heteroatoms. The third kappa shape index (κ3) is 6.14. The van der Waals surface area contributed by atoms with E-state index in [9.17, 15) is 4.79 Å². The third-order valence-corrected chi connectivity index (χ3v) is 5.69. The SMILES string of the molecule is COc1ccc(-c2nnc(SC(C)C(=O)Nc3ccc(OCc4ccccc4)cc3)o2)cc1. The minimum Gasteiger partial charge on any atom is -0.497 e. The highest BCUT2D eigenvalue weighted by Gasteiger charge is 2.19. The van der Waals surface area contributed by atoms with Gasteiger partial charge in [0.05, 0.1) is 12.4 Å². The Balaban J connectivity index is 1.29. The van der Waals surface area contributed by atoms with Gasteiger partial charge in [-0.05, 0) is 61.0 Å². The van der Waals surface area contributed by atoms with Gasteiger partial charge in [0, 0.05) is 11.3 Å². The molecule has 1 heterocycles. The van der Waals surface area contributed by atoms with Crippen LogP contribution in [0.4, 0.5) is 5.69 Å². The van der Waals surface area contributed by atoms with Crippen molar-refractivity contribution in [2.75, 3.05) is 12.4 Å². The van der Waals surface area contributed by atoms with Gasteiger partial charge in [-0.15, -0.1) is 10.2 Å². The number of hydrogen-bond donors (Lipinski definition) is 1. The summed E-state index contributed by atoms with van der Waals surface area (Å²) >= 11 is 1.20. The Morgan fingerprint density at radius 1 is 0.970 bits per heavy atom. The summed E-state index contributed by atoms with van der Waals surface area (Å²) in [7, 11) is 1.61. The third-order valence-electron chi connectivity index (χ3n) is 4.76. The number of carbonyl (C=O) groups is 1. The lowest BCUT2D eigenvalue weighted by Gasteiger charge is -2.11. The molecule has 1 N–H and O–H groups in total. The number of ether oxygens (including phenoxy) is 2. The van der Waals surface area contributed by atoms with Crippen molar-refractivity contribution in [3.8, 4) is 23.0 Å². The number of rotatable bonds is 9. The van der Waals surface area contributed by atoms with Gasteiger partial charge in [0.25, 0.3) is 5.22 Å². The number of methoxy groups -OCH3 is 1. The zero-order chi connectivity index (χ0) is 23.0. The monoisotopic (exact) mass is 461 g/mol. The molecule has 1 unspecified atom stereocenters. The second kappa shape index (κ2) is 10.7. The van der Waals surface area contributed by atoms with Crippen LogP contribution in [-0.4, -0.2) is 28.5 Å². The molecule has 0 aliphatic carbocycles. The lowest BCUT2D eigenvalue weighted by molar-refractivity contribution is -0.115. The lowest BCUT2D eigenvalue weighted by Crippen LogP contribution is -2.22.